The summed E-state index contributed by atoms with van der Waals surface area (Å²) in [5.74, 6) is -1.89. The minimum Gasteiger partial charge on any atom is -0.369 e. The zero-order valence-electron chi connectivity index (χ0n) is 22.1. The second-order valence-corrected chi connectivity index (χ2v) is 13.5. The van der Waals surface area contributed by atoms with Gasteiger partial charge in [-0.1, -0.05) is 25.1 Å². The van der Waals surface area contributed by atoms with Gasteiger partial charge in [-0.05, 0) is 42.4 Å². The van der Waals surface area contributed by atoms with E-state index in [0.29, 0.717) is 51.2 Å². The van der Waals surface area contributed by atoms with Crippen LogP contribution in [-0.4, -0.2) is 67.5 Å². The maximum atomic E-state index is 15.9. The van der Waals surface area contributed by atoms with Crippen molar-refractivity contribution in [1.82, 2.24) is 9.21 Å². The lowest BCUT2D eigenvalue weighted by molar-refractivity contribution is -0.376. The van der Waals surface area contributed by atoms with Crippen LogP contribution < -0.4 is 0 Å². The first-order valence-electron chi connectivity index (χ1n) is 13.0. The molecule has 1 saturated carbocycles. The third-order valence-corrected chi connectivity index (χ3v) is 9.51. The fourth-order valence-electron chi connectivity index (χ4n) is 6.08. The number of aryl methyl sites for hydroxylation is 1. The summed E-state index contributed by atoms with van der Waals surface area (Å²) in [6.45, 7) is 3.24. The quantitative estimate of drug-likeness (QED) is 0.422. The molecule has 0 aromatic heterocycles. The van der Waals surface area contributed by atoms with Gasteiger partial charge in [0.15, 0.2) is 0 Å². The van der Waals surface area contributed by atoms with E-state index in [0.717, 1.165) is 18.4 Å². The molecule has 2 aliphatic heterocycles. The molecular weight excluding hydrogens is 584 g/mol. The Hall–Kier alpha value is -2.29. The van der Waals surface area contributed by atoms with E-state index in [-0.39, 0.29) is 52.1 Å². The topological polar surface area (TPSA) is 60.9 Å². The predicted molar refractivity (Wildman–Crippen MR) is 133 cm³/mol. The molecule has 2 heterocycles. The highest BCUT2D eigenvalue weighted by molar-refractivity contribution is 7.88. The van der Waals surface area contributed by atoms with Crippen LogP contribution in [0.4, 0.5) is 35.1 Å². The molecule has 0 radical (unpaired) electrons. The molecule has 3 aliphatic rings. The van der Waals surface area contributed by atoms with Crippen molar-refractivity contribution < 1.29 is 48.6 Å². The number of hydrogen-bond donors (Lipinski definition) is 1. The second kappa shape index (κ2) is 9.61. The van der Waals surface area contributed by atoms with Crippen molar-refractivity contribution in [1.29, 1.82) is 0 Å². The largest absolute Gasteiger partial charge is 0.430 e. The van der Waals surface area contributed by atoms with Crippen molar-refractivity contribution in [3.05, 3.63) is 58.2 Å². The molecule has 0 bridgehead atoms. The molecule has 1 spiro atoms. The molecule has 226 valence electrons. The Kier molecular flexibility index (Phi) is 7.08. The number of hydrogen-bond acceptors (Lipinski definition) is 4. The molecule has 14 heteroatoms. The summed E-state index contributed by atoms with van der Waals surface area (Å²) in [5.41, 5.74) is -7.05. The Labute approximate surface area is 231 Å². The molecule has 0 unspecified atom stereocenters. The van der Waals surface area contributed by atoms with Gasteiger partial charge in [0.1, 0.15) is 11.6 Å². The highest BCUT2D eigenvalue weighted by Crippen LogP contribution is 2.52. The summed E-state index contributed by atoms with van der Waals surface area (Å²) in [7, 11) is -3.29. The zero-order valence-corrected chi connectivity index (χ0v) is 23.0. The maximum absolute atomic E-state index is 15.9. The highest BCUT2D eigenvalue weighted by atomic mass is 32.2. The first-order chi connectivity index (χ1) is 18.8. The smallest absolute Gasteiger partial charge is 0.369 e. The highest BCUT2D eigenvalue weighted by Gasteiger charge is 2.71. The SMILES string of the molecule is CCc1cc(C(O)(C(F)(F)F)C(F)(F)F)ccc1-c1c(F)cc(CN2CC3(C2)CN(S(C)(=O)=O)C3)c(F)c1C1CC1. The van der Waals surface area contributed by atoms with Crippen molar-refractivity contribution in [3.63, 3.8) is 0 Å². The summed E-state index contributed by atoms with van der Waals surface area (Å²) in [6, 6.07) is 2.88. The summed E-state index contributed by atoms with van der Waals surface area (Å²) in [4.78, 5) is 1.87. The molecule has 5 nitrogen and oxygen atoms in total. The van der Waals surface area contributed by atoms with E-state index in [1.165, 1.54) is 11.2 Å². The summed E-state index contributed by atoms with van der Waals surface area (Å²) in [5, 5.41) is 9.83. The number of sulfonamides is 1. The zero-order chi connectivity index (χ0) is 30.3. The molecular formula is C27H28F8N2O3S. The van der Waals surface area contributed by atoms with Gasteiger partial charge in [-0.25, -0.2) is 21.5 Å². The number of likely N-dealkylation sites (tertiary alicyclic amines) is 1. The Morgan fingerprint density at radius 1 is 0.951 bits per heavy atom. The Morgan fingerprint density at radius 3 is 2.02 bits per heavy atom. The van der Waals surface area contributed by atoms with Crippen molar-refractivity contribution in [2.75, 3.05) is 32.4 Å². The van der Waals surface area contributed by atoms with E-state index >= 15 is 8.78 Å². The van der Waals surface area contributed by atoms with Crippen LogP contribution in [0.2, 0.25) is 0 Å². The molecule has 1 N–H and O–H groups in total. The van der Waals surface area contributed by atoms with Crippen molar-refractivity contribution >= 4 is 10.0 Å². The van der Waals surface area contributed by atoms with E-state index in [1.54, 1.807) is 0 Å². The minimum atomic E-state index is -6.08. The number of nitrogens with zero attached hydrogens (tertiary/aromatic N) is 2. The molecule has 3 fully saturated rings. The van der Waals surface area contributed by atoms with Crippen LogP contribution in [0.1, 0.15) is 47.9 Å². The number of rotatable bonds is 7. The van der Waals surface area contributed by atoms with E-state index in [9.17, 15) is 39.9 Å². The third-order valence-electron chi connectivity index (χ3n) is 8.31. The lowest BCUT2D eigenvalue weighted by Crippen LogP contribution is -2.72. The summed E-state index contributed by atoms with van der Waals surface area (Å²) < 4.78 is 137. The van der Waals surface area contributed by atoms with Crippen LogP contribution in [0, 0.1) is 17.0 Å². The molecule has 0 amide bonds. The average molecular weight is 613 g/mol. The number of benzene rings is 2. The van der Waals surface area contributed by atoms with E-state index in [2.05, 4.69) is 0 Å². The van der Waals surface area contributed by atoms with Crippen LogP contribution in [0.3, 0.4) is 0 Å². The summed E-state index contributed by atoms with van der Waals surface area (Å²) in [6.07, 6.45) is -10.0. The van der Waals surface area contributed by atoms with Crippen LogP contribution in [0.5, 0.6) is 0 Å². The number of aliphatic hydroxyl groups is 1. The molecule has 1 aliphatic carbocycles. The predicted octanol–water partition coefficient (Wildman–Crippen LogP) is 5.46. The standard InChI is InChI=1S/C27H28F8N2O3S/c1-3-15-8-18(25(38,26(30,31)32)27(33,34)35)6-7-19(15)22-20(28)9-17(23(29)21(22)16-4-5-16)10-36-11-24(12-36)13-37(14-24)41(2,39)40/h6-9,16,38H,3-5,10-14H2,1-2H3. The maximum Gasteiger partial charge on any atom is 0.430 e. The molecule has 5 rings (SSSR count). The monoisotopic (exact) mass is 612 g/mol. The molecule has 0 atom stereocenters. The lowest BCUT2D eigenvalue weighted by atomic mass is 9.74. The van der Waals surface area contributed by atoms with Gasteiger partial charge < -0.3 is 5.11 Å². The van der Waals surface area contributed by atoms with E-state index in [1.807, 2.05) is 4.90 Å². The fraction of sp³-hybridized carbons (Fsp3) is 0.556. The fourth-order valence-corrected chi connectivity index (χ4v) is 7.10. The number of halogens is 8. The Morgan fingerprint density at radius 2 is 1.54 bits per heavy atom. The van der Waals surface area contributed by atoms with Crippen LogP contribution in [-0.2, 0) is 28.6 Å². The first kappa shape index (κ1) is 30.2. The normalized spacial score (nSPS) is 20.3. The van der Waals surface area contributed by atoms with Gasteiger partial charge in [0.2, 0.25) is 10.0 Å². The average Bonchev–Trinajstić information content (AvgIpc) is 3.63. The van der Waals surface area contributed by atoms with Crippen molar-refractivity contribution in [2.24, 2.45) is 5.41 Å². The van der Waals surface area contributed by atoms with Gasteiger partial charge in [0, 0.05) is 60.4 Å². The second-order valence-electron chi connectivity index (χ2n) is 11.5. The number of alkyl halides is 6. The lowest BCUT2D eigenvalue weighted by Gasteiger charge is -2.59. The van der Waals surface area contributed by atoms with Gasteiger partial charge in [-0.2, -0.15) is 26.3 Å². The van der Waals surface area contributed by atoms with Crippen LogP contribution >= 0.6 is 0 Å². The Bertz CT molecular complexity index is 1460. The Balaban J connectivity index is 1.47. The van der Waals surface area contributed by atoms with Gasteiger partial charge in [0.25, 0.3) is 5.60 Å². The molecule has 41 heavy (non-hydrogen) atoms. The van der Waals surface area contributed by atoms with Crippen molar-refractivity contribution in [2.45, 2.75) is 56.6 Å². The van der Waals surface area contributed by atoms with Gasteiger partial charge in [-0.3, -0.25) is 4.90 Å². The molecule has 2 aromatic rings. The third kappa shape index (κ3) is 5.04. The summed E-state index contributed by atoms with van der Waals surface area (Å²) >= 11 is 0. The van der Waals surface area contributed by atoms with Crippen molar-refractivity contribution in [3.8, 4) is 11.1 Å². The van der Waals surface area contributed by atoms with Gasteiger partial charge in [0.05, 0.1) is 6.26 Å². The molecule has 2 aromatic carbocycles. The van der Waals surface area contributed by atoms with Gasteiger partial charge in [-0.15, -0.1) is 0 Å². The minimum absolute atomic E-state index is 0.0338. The van der Waals surface area contributed by atoms with E-state index in [4.69, 9.17) is 0 Å². The van der Waals surface area contributed by atoms with E-state index < -0.39 is 45.2 Å². The van der Waals surface area contributed by atoms with Gasteiger partial charge >= 0.3 is 12.4 Å². The first-order valence-corrected chi connectivity index (χ1v) is 14.8. The van der Waals surface area contributed by atoms with Crippen LogP contribution in [0.25, 0.3) is 11.1 Å². The molecule has 2 saturated heterocycles. The van der Waals surface area contributed by atoms with Crippen LogP contribution in [0.15, 0.2) is 24.3 Å².